The van der Waals surface area contributed by atoms with Gasteiger partial charge in [0.2, 0.25) is 11.8 Å². The number of carboxylic acid groups (broad SMARTS) is 2. The number of carbonyl (C=O) groups excluding carboxylic acids is 2. The highest BCUT2D eigenvalue weighted by Crippen LogP contribution is 2.54. The summed E-state index contributed by atoms with van der Waals surface area (Å²) in [4.78, 5) is 54.0. The average Bonchev–Trinajstić information content (AvgIpc) is 3.49. The second-order valence-electron chi connectivity index (χ2n) is 11.5. The van der Waals surface area contributed by atoms with E-state index < -0.39 is 29.0 Å². The quantitative estimate of drug-likeness (QED) is 0.0972. The fourth-order valence-corrected chi connectivity index (χ4v) is 11.5. The van der Waals surface area contributed by atoms with Crippen LogP contribution in [0.2, 0.25) is 0 Å². The second kappa shape index (κ2) is 16.6. The van der Waals surface area contributed by atoms with Gasteiger partial charge in [-0.1, -0.05) is 75.0 Å². The molecule has 2 fully saturated rings. The number of hydrogen-bond donors (Lipinski definition) is 5. The highest BCUT2D eigenvalue weighted by atomic mass is 33.1. The predicted molar refractivity (Wildman–Crippen MR) is 166 cm³/mol. The Morgan fingerprint density at radius 2 is 1.32 bits per heavy atom. The van der Waals surface area contributed by atoms with Crippen molar-refractivity contribution in [2.24, 2.45) is 46.2 Å². The molecule has 6 N–H and O–H groups in total. The molecule has 2 saturated carbocycles. The Morgan fingerprint density at radius 3 is 1.78 bits per heavy atom. The molecule has 0 aromatic carbocycles. The van der Waals surface area contributed by atoms with E-state index >= 15 is 0 Å². The molecule has 2 aliphatic carbocycles. The third-order valence-electron chi connectivity index (χ3n) is 9.26. The van der Waals surface area contributed by atoms with Crippen molar-refractivity contribution in [3.63, 3.8) is 0 Å². The summed E-state index contributed by atoms with van der Waals surface area (Å²) in [7, 11) is 2.88. The van der Waals surface area contributed by atoms with Crippen molar-refractivity contribution in [1.29, 1.82) is 0 Å². The number of nitrogens with zero attached hydrogens (tertiary/aromatic N) is 1. The van der Waals surface area contributed by atoms with Gasteiger partial charge in [0.25, 0.3) is 0 Å². The van der Waals surface area contributed by atoms with Gasteiger partial charge in [-0.2, -0.15) is 0 Å². The van der Waals surface area contributed by atoms with Gasteiger partial charge in [-0.15, -0.1) is 0 Å². The van der Waals surface area contributed by atoms with Crippen molar-refractivity contribution < 1.29 is 29.4 Å². The van der Waals surface area contributed by atoms with Crippen molar-refractivity contribution in [2.45, 2.75) is 115 Å². The van der Waals surface area contributed by atoms with Gasteiger partial charge >= 0.3 is 11.9 Å². The first-order chi connectivity index (χ1) is 19.4. The van der Waals surface area contributed by atoms with Crippen LogP contribution in [-0.4, -0.2) is 68.9 Å². The van der Waals surface area contributed by atoms with Gasteiger partial charge in [0, 0.05) is 42.3 Å². The number of nitrogens with two attached hydrogens (primary N) is 1. The largest absolute Gasteiger partial charge is 0.481 e. The number of carboxylic acids is 2. The maximum Gasteiger partial charge on any atom is 0.307 e. The molecular weight excluding hydrogens is 564 g/mol. The lowest BCUT2D eigenvalue weighted by atomic mass is 9.81. The summed E-state index contributed by atoms with van der Waals surface area (Å²) in [5.74, 6) is -3.48. The summed E-state index contributed by atoms with van der Waals surface area (Å²) in [6.07, 6.45) is 6.02. The van der Waals surface area contributed by atoms with E-state index in [1.165, 1.54) is 41.8 Å². The zero-order chi connectivity index (χ0) is 30.9. The molecule has 0 aromatic rings. The number of aliphatic carboxylic acids is 2. The lowest BCUT2D eigenvalue weighted by Gasteiger charge is -2.38. The van der Waals surface area contributed by atoms with Crippen LogP contribution in [0.3, 0.4) is 0 Å². The molecule has 0 spiro atoms. The highest BCUT2D eigenvalue weighted by molar-refractivity contribution is 8.77. The summed E-state index contributed by atoms with van der Waals surface area (Å²) in [5.41, 5.74) is 5.71. The summed E-state index contributed by atoms with van der Waals surface area (Å²) < 4.78 is 0. The van der Waals surface area contributed by atoms with Crippen LogP contribution >= 0.6 is 21.6 Å². The third-order valence-corrected chi connectivity index (χ3v) is 12.8. The monoisotopic (exact) mass is 614 g/mol. The number of carbonyl (C=O) groups is 4. The zero-order valence-electron chi connectivity index (χ0n) is 25.2. The van der Waals surface area contributed by atoms with E-state index in [4.69, 9.17) is 5.73 Å². The van der Waals surface area contributed by atoms with Crippen LogP contribution in [0.1, 0.15) is 86.5 Å². The van der Waals surface area contributed by atoms with Gasteiger partial charge in [0.15, 0.2) is 0 Å². The molecule has 10 nitrogen and oxygen atoms in total. The fraction of sp³-hybridized carbons (Fsp3) is 0.828. The molecule has 0 radical (unpaired) electrons. The summed E-state index contributed by atoms with van der Waals surface area (Å²) in [5, 5.41) is 26.0. The Kier molecular flexibility index (Phi) is 14.3. The number of amides is 2. The third kappa shape index (κ3) is 8.78. The Bertz CT molecular complexity index is 929. The van der Waals surface area contributed by atoms with E-state index in [2.05, 4.69) is 43.3 Å². The minimum Gasteiger partial charge on any atom is -0.481 e. The maximum absolute atomic E-state index is 12.6. The number of aliphatic imine (C=N–C) groups is 1. The normalized spacial score (nSPS) is 29.6. The van der Waals surface area contributed by atoms with E-state index in [0.29, 0.717) is 19.3 Å². The smallest absolute Gasteiger partial charge is 0.307 e. The lowest BCUT2D eigenvalue weighted by Crippen LogP contribution is -2.50. The van der Waals surface area contributed by atoms with Crippen LogP contribution in [-0.2, 0) is 19.2 Å². The summed E-state index contributed by atoms with van der Waals surface area (Å²) in [6, 6.07) is -0.848. The molecule has 2 rings (SSSR count). The van der Waals surface area contributed by atoms with E-state index in [-0.39, 0.29) is 58.9 Å². The first-order valence-corrected chi connectivity index (χ1v) is 17.3. The molecule has 9 atom stereocenters. The average molecular weight is 615 g/mol. The van der Waals surface area contributed by atoms with Crippen LogP contribution < -0.4 is 16.4 Å². The van der Waals surface area contributed by atoms with Crippen molar-refractivity contribution in [2.75, 3.05) is 0 Å². The molecule has 234 valence electrons. The molecule has 0 unspecified atom stereocenters. The molecule has 0 aromatic heterocycles. The summed E-state index contributed by atoms with van der Waals surface area (Å²) >= 11 is 0. The Balaban J connectivity index is 2.52. The molecule has 2 aliphatic rings. The van der Waals surface area contributed by atoms with E-state index in [1.54, 1.807) is 0 Å². The fourth-order valence-electron chi connectivity index (χ4n) is 7.20. The molecule has 0 saturated heterocycles. The Labute approximate surface area is 252 Å². The van der Waals surface area contributed by atoms with Crippen LogP contribution in [0.4, 0.5) is 0 Å². The minimum atomic E-state index is -0.931. The van der Waals surface area contributed by atoms with Crippen molar-refractivity contribution >= 4 is 51.7 Å². The van der Waals surface area contributed by atoms with E-state index in [9.17, 15) is 29.4 Å². The maximum atomic E-state index is 12.6. The number of hydrogen-bond acceptors (Lipinski definition) is 7. The lowest BCUT2D eigenvalue weighted by molar-refractivity contribution is -0.142. The van der Waals surface area contributed by atoms with E-state index in [1.807, 2.05) is 0 Å². The first-order valence-electron chi connectivity index (χ1n) is 15.0. The molecule has 41 heavy (non-hydrogen) atoms. The van der Waals surface area contributed by atoms with Crippen LogP contribution in [0.5, 0.6) is 0 Å². The van der Waals surface area contributed by atoms with Gasteiger partial charge in [0.1, 0.15) is 0 Å². The second-order valence-corrected chi connectivity index (χ2v) is 14.2. The standard InChI is InChI=1S/C29H50N4O6S2/c1-7-17(8-2)24(32-15(5)34)19-11-12-20(28(36)37)26(19)40-41-27-21(29(38)39)13-22(31-14-30)23(27)25(33-16(6)35)18(9-3)10-4/h14,17-27H,7-13H2,1-6H3,(H2,30,31)(H,32,34)(H,33,35)(H,36,37)(H,38,39)/t19-,20+,21+,22-,23-,24-,25-,26+,27-/m1/s1. The van der Waals surface area contributed by atoms with Crippen molar-refractivity contribution in [1.82, 2.24) is 10.6 Å². The van der Waals surface area contributed by atoms with Crippen molar-refractivity contribution in [3.05, 3.63) is 0 Å². The molecule has 0 aliphatic heterocycles. The van der Waals surface area contributed by atoms with Crippen LogP contribution in [0.25, 0.3) is 0 Å². The van der Waals surface area contributed by atoms with Gasteiger partial charge in [-0.3, -0.25) is 24.2 Å². The highest BCUT2D eigenvalue weighted by Gasteiger charge is 2.53. The van der Waals surface area contributed by atoms with Gasteiger partial charge in [-0.05, 0) is 37.0 Å². The van der Waals surface area contributed by atoms with Crippen LogP contribution in [0, 0.1) is 35.5 Å². The first kappa shape index (κ1) is 35.2. The summed E-state index contributed by atoms with van der Waals surface area (Å²) in [6.45, 7) is 11.3. The minimum absolute atomic E-state index is 0.0615. The molecule has 0 bridgehead atoms. The Morgan fingerprint density at radius 1 is 0.829 bits per heavy atom. The molecule has 12 heteroatoms. The number of rotatable bonds is 16. The zero-order valence-corrected chi connectivity index (χ0v) is 26.9. The Hall–Kier alpha value is -1.95. The predicted octanol–water partition coefficient (Wildman–Crippen LogP) is 4.17. The molecule has 0 heterocycles. The van der Waals surface area contributed by atoms with Crippen LogP contribution in [0.15, 0.2) is 4.99 Å². The number of nitrogens with one attached hydrogen (secondary N) is 2. The van der Waals surface area contributed by atoms with E-state index in [0.717, 1.165) is 25.7 Å². The molecular formula is C29H50N4O6S2. The molecule has 2 amide bonds. The van der Waals surface area contributed by atoms with Gasteiger partial charge < -0.3 is 26.6 Å². The topological polar surface area (TPSA) is 171 Å². The SMILES string of the molecule is CCC(CC)[C@@H](NC(C)=O)[C@H]1CC[C@H](C(=O)O)[C@H]1SS[C@H]1[C@@H]([C@H](NC(C)=O)C(CC)CC)[C@H](N=CN)C[C@@H]1C(=O)O. The van der Waals surface area contributed by atoms with Gasteiger partial charge in [-0.25, -0.2) is 0 Å². The van der Waals surface area contributed by atoms with Gasteiger partial charge in [0.05, 0.1) is 24.2 Å². The van der Waals surface area contributed by atoms with Crippen molar-refractivity contribution in [3.8, 4) is 0 Å².